The summed E-state index contributed by atoms with van der Waals surface area (Å²) in [7, 11) is -8.86. The molecule has 5 heterocycles. The van der Waals surface area contributed by atoms with Gasteiger partial charge in [0.15, 0.2) is 6.61 Å². The molecule has 0 amide bonds. The first-order chi connectivity index (χ1) is 22.8. The molecular weight excluding hydrogens is 658 g/mol. The average Bonchev–Trinajstić information content (AvgIpc) is 3.83. The summed E-state index contributed by atoms with van der Waals surface area (Å²) >= 11 is 0. The molecule has 5 aromatic rings. The van der Waals surface area contributed by atoms with Crippen LogP contribution < -0.4 is 26.1 Å². The molecule has 0 unspecified atom stereocenters. The highest BCUT2D eigenvalue weighted by Gasteiger charge is 2.26. The van der Waals surface area contributed by atoms with E-state index in [0.717, 1.165) is 38.9 Å². The van der Waals surface area contributed by atoms with E-state index in [9.17, 15) is 33.5 Å². The Kier molecular flexibility index (Phi) is 9.35. The number of carbonyl (C=O) groups is 1. The standard InChI is InChI=1S/C33H34N4O9P2/c38-31(39)19-46-26-7-1-20(2-8-26)32-27-9-5-24(35-27)17-22-3-4-23(34-22)18-25-6-10-28(36-25)33(30-12-11-29(32)37-30)21(13-15-47(40,41)42)14-16-48(43,44)45/h1-12,17-18,21,34-37H,13-16,19H2,(H,38,39)(H2,40,41,42)(H2,43,44,45). The molecule has 8 bridgehead atoms. The third-order valence-electron chi connectivity index (χ3n) is 8.03. The fourth-order valence-corrected chi connectivity index (χ4v) is 7.21. The summed E-state index contributed by atoms with van der Waals surface area (Å²) in [6.45, 7) is -0.478. The van der Waals surface area contributed by atoms with Crippen molar-refractivity contribution < 1.29 is 43.3 Å². The van der Waals surface area contributed by atoms with Crippen molar-refractivity contribution in [3.05, 3.63) is 123 Å². The first kappa shape index (κ1) is 33.3. The van der Waals surface area contributed by atoms with Crippen LogP contribution in [0.25, 0.3) is 23.3 Å². The van der Waals surface area contributed by atoms with Crippen molar-refractivity contribution in [2.75, 3.05) is 18.9 Å². The maximum absolute atomic E-state index is 12.0. The molecule has 1 aliphatic heterocycles. The monoisotopic (exact) mass is 692 g/mol. The zero-order valence-corrected chi connectivity index (χ0v) is 27.2. The fraction of sp³-hybridized carbons (Fsp3) is 0.182. The molecule has 0 atom stereocenters. The highest BCUT2D eigenvalue weighted by atomic mass is 31.2. The van der Waals surface area contributed by atoms with Gasteiger partial charge in [0.1, 0.15) is 5.75 Å². The number of carboxylic acids is 1. The number of hydrogen-bond donors (Lipinski definition) is 9. The molecule has 15 heteroatoms. The van der Waals surface area contributed by atoms with Gasteiger partial charge in [0.25, 0.3) is 0 Å². The quantitative estimate of drug-likeness (QED) is 0.0917. The van der Waals surface area contributed by atoms with E-state index in [4.69, 9.17) is 9.84 Å². The number of aromatic amines is 4. The van der Waals surface area contributed by atoms with Gasteiger partial charge in [-0.2, -0.15) is 0 Å². The van der Waals surface area contributed by atoms with Crippen LogP contribution in [0.4, 0.5) is 0 Å². The summed E-state index contributed by atoms with van der Waals surface area (Å²) in [6.07, 6.45) is 2.94. The van der Waals surface area contributed by atoms with E-state index in [1.54, 1.807) is 12.1 Å². The summed E-state index contributed by atoms with van der Waals surface area (Å²) in [4.78, 5) is 63.7. The molecule has 13 nitrogen and oxygen atoms in total. The number of H-pyrrole nitrogens is 4. The number of rotatable bonds is 11. The molecule has 1 aliphatic rings. The van der Waals surface area contributed by atoms with Gasteiger partial charge in [-0.05, 0) is 97.1 Å². The molecule has 6 rings (SSSR count). The van der Waals surface area contributed by atoms with E-state index in [2.05, 4.69) is 19.9 Å². The molecule has 9 N–H and O–H groups in total. The Morgan fingerprint density at radius 1 is 0.667 bits per heavy atom. The van der Waals surface area contributed by atoms with Crippen molar-refractivity contribution in [1.82, 2.24) is 19.9 Å². The summed E-state index contributed by atoms with van der Waals surface area (Å²) in [5.41, 5.74) is 5.15. The Bertz CT molecular complexity index is 2280. The minimum atomic E-state index is -4.43. The molecule has 0 spiro atoms. The van der Waals surface area contributed by atoms with Gasteiger partial charge in [-0.25, -0.2) is 4.79 Å². The first-order valence-electron chi connectivity index (χ1n) is 15.0. The second kappa shape index (κ2) is 13.5. The molecule has 0 saturated heterocycles. The molecule has 4 aromatic heterocycles. The van der Waals surface area contributed by atoms with Crippen molar-refractivity contribution in [3.63, 3.8) is 0 Å². The third kappa shape index (κ3) is 8.26. The van der Waals surface area contributed by atoms with E-state index < -0.39 is 46.0 Å². The molecule has 48 heavy (non-hydrogen) atoms. The van der Waals surface area contributed by atoms with E-state index in [1.165, 1.54) is 0 Å². The van der Waals surface area contributed by atoms with Crippen LogP contribution in [0.5, 0.6) is 5.75 Å². The largest absolute Gasteiger partial charge is 0.482 e. The Morgan fingerprint density at radius 2 is 1.23 bits per heavy atom. The number of ether oxygens (including phenoxy) is 1. The Labute approximate surface area is 273 Å². The summed E-state index contributed by atoms with van der Waals surface area (Å²) < 4.78 is 29.3. The first-order valence-corrected chi connectivity index (χ1v) is 18.6. The lowest BCUT2D eigenvalue weighted by Gasteiger charge is -2.20. The second-order valence-corrected chi connectivity index (χ2v) is 15.2. The topological polar surface area (TPSA) is 225 Å². The normalized spacial score (nSPS) is 13.4. The van der Waals surface area contributed by atoms with Gasteiger partial charge in [-0.15, -0.1) is 0 Å². The number of aromatic nitrogens is 4. The van der Waals surface area contributed by atoms with Crippen LogP contribution >= 0.6 is 15.2 Å². The number of fused-ring (bicyclic) bond motifs is 8. The minimum Gasteiger partial charge on any atom is -0.482 e. The van der Waals surface area contributed by atoms with Crippen LogP contribution in [0.15, 0.2) is 72.8 Å². The summed E-state index contributed by atoms with van der Waals surface area (Å²) in [5.74, 6) is -1.34. The number of carboxylic acid groups (broad SMARTS) is 1. The van der Waals surface area contributed by atoms with Crippen molar-refractivity contribution in [1.29, 1.82) is 0 Å². The zero-order chi connectivity index (χ0) is 34.1. The van der Waals surface area contributed by atoms with E-state index in [1.807, 2.05) is 72.8 Å². The van der Waals surface area contributed by atoms with Crippen molar-refractivity contribution in [2.24, 2.45) is 5.92 Å². The lowest BCUT2D eigenvalue weighted by atomic mass is 9.91. The number of hydrogen-bond acceptors (Lipinski definition) is 4. The minimum absolute atomic E-state index is 0.0176. The molecule has 250 valence electrons. The van der Waals surface area contributed by atoms with Crippen molar-refractivity contribution in [3.8, 4) is 5.75 Å². The van der Waals surface area contributed by atoms with Crippen LogP contribution in [-0.2, 0) is 13.9 Å². The van der Waals surface area contributed by atoms with Gasteiger partial charge in [0.2, 0.25) is 0 Å². The van der Waals surface area contributed by atoms with E-state index in [0.29, 0.717) is 27.7 Å². The van der Waals surface area contributed by atoms with Gasteiger partial charge in [-0.1, -0.05) is 12.1 Å². The SMILES string of the molecule is O=C(O)COc1ccc(C2=c3ccc([nH]3)=C(C(CCP(=O)(O)O)CCP(=O)(O)O)c3ccc([nH]3)C=c3ccc([nH]3)=Cc3ccc2[nH]3)cc1. The Hall–Kier alpha value is -4.61. The number of nitrogens with one attached hydrogen (secondary N) is 4. The Morgan fingerprint density at radius 3 is 1.81 bits per heavy atom. The molecule has 0 aliphatic carbocycles. The summed E-state index contributed by atoms with van der Waals surface area (Å²) in [5, 5.41) is 12.0. The van der Waals surface area contributed by atoms with Gasteiger partial charge < -0.3 is 49.4 Å². The molecule has 0 fully saturated rings. The third-order valence-corrected chi connectivity index (χ3v) is 9.71. The van der Waals surface area contributed by atoms with Crippen molar-refractivity contribution in [2.45, 2.75) is 12.8 Å². The number of benzene rings is 1. The predicted molar refractivity (Wildman–Crippen MR) is 179 cm³/mol. The predicted octanol–water partition coefficient (Wildman–Crippen LogP) is 1.63. The van der Waals surface area contributed by atoms with E-state index >= 15 is 0 Å². The molecule has 0 radical (unpaired) electrons. The van der Waals surface area contributed by atoms with Crippen LogP contribution in [0, 0.1) is 5.92 Å². The Balaban J connectivity index is 1.61. The van der Waals surface area contributed by atoms with Gasteiger partial charge in [0.05, 0.1) is 12.3 Å². The van der Waals surface area contributed by atoms with Gasteiger partial charge in [-0.3, -0.25) is 9.13 Å². The van der Waals surface area contributed by atoms with Crippen LogP contribution in [0.2, 0.25) is 0 Å². The maximum atomic E-state index is 12.0. The second-order valence-electron chi connectivity index (χ2n) is 11.6. The maximum Gasteiger partial charge on any atom is 0.341 e. The van der Waals surface area contributed by atoms with Gasteiger partial charge >= 0.3 is 21.2 Å². The van der Waals surface area contributed by atoms with Gasteiger partial charge in [0, 0.05) is 55.3 Å². The highest BCUT2D eigenvalue weighted by molar-refractivity contribution is 7.52. The summed E-state index contributed by atoms with van der Waals surface area (Å²) in [6, 6.07) is 22.2. The average molecular weight is 693 g/mol. The molecule has 1 aromatic carbocycles. The lowest BCUT2D eigenvalue weighted by molar-refractivity contribution is -0.139. The highest BCUT2D eigenvalue weighted by Crippen LogP contribution is 2.42. The molecule has 0 saturated carbocycles. The van der Waals surface area contributed by atoms with Crippen LogP contribution in [0.3, 0.4) is 0 Å². The zero-order valence-electron chi connectivity index (χ0n) is 25.5. The number of aliphatic carboxylic acids is 1. The molecular formula is C33H34N4O9P2. The lowest BCUT2D eigenvalue weighted by Crippen LogP contribution is -2.22. The van der Waals surface area contributed by atoms with E-state index in [-0.39, 0.29) is 12.8 Å². The fourth-order valence-electron chi connectivity index (χ4n) is 5.91. The smallest absolute Gasteiger partial charge is 0.341 e. The van der Waals surface area contributed by atoms with Crippen LogP contribution in [-0.4, -0.2) is 69.5 Å². The van der Waals surface area contributed by atoms with Crippen LogP contribution in [0.1, 0.15) is 41.2 Å². The van der Waals surface area contributed by atoms with Crippen molar-refractivity contribution >= 4 is 44.5 Å².